The molecule has 1 fully saturated rings. The summed E-state index contributed by atoms with van der Waals surface area (Å²) >= 11 is 2.75. The van der Waals surface area contributed by atoms with Crippen LogP contribution in [0.3, 0.4) is 0 Å². The van der Waals surface area contributed by atoms with Crippen LogP contribution in [0.25, 0.3) is 0 Å². The predicted molar refractivity (Wildman–Crippen MR) is 26.0 cm³/mol. The summed E-state index contributed by atoms with van der Waals surface area (Å²) in [6.45, 7) is 0. The van der Waals surface area contributed by atoms with Gasteiger partial charge in [-0.1, -0.05) is 0 Å². The third-order valence-electron chi connectivity index (χ3n) is 0.886. The van der Waals surface area contributed by atoms with E-state index in [1.165, 1.54) is 0 Å². The lowest BCUT2D eigenvalue weighted by Crippen LogP contribution is -1.73. The maximum atomic E-state index is 11.7. The summed E-state index contributed by atoms with van der Waals surface area (Å²) < 4.78 is 11.7. The third-order valence-corrected chi connectivity index (χ3v) is 1.53. The second kappa shape index (κ2) is 1.49. The molecule has 0 bridgehead atoms. The van der Waals surface area contributed by atoms with Gasteiger partial charge in [0, 0.05) is 5.92 Å². The lowest BCUT2D eigenvalue weighted by molar-refractivity contribution is 0.541. The first-order chi connectivity index (χ1) is 2.80. The molecule has 0 saturated heterocycles. The van der Waals surface area contributed by atoms with Crippen LogP contribution in [0, 0.1) is 11.0 Å². The molecule has 1 aliphatic carbocycles. The molecule has 2 heteroatoms. The molecule has 0 nitrogen and oxygen atoms in total. The minimum absolute atomic E-state index is 0.0671. The molecule has 0 aromatic carbocycles. The van der Waals surface area contributed by atoms with Gasteiger partial charge in [0.1, 0.15) is 0 Å². The molecule has 1 radical (unpaired) electrons. The van der Waals surface area contributed by atoms with Gasteiger partial charge < -0.3 is 0 Å². The van der Waals surface area contributed by atoms with Gasteiger partial charge in [0.25, 0.3) is 0 Å². The minimum atomic E-state index is -0.0671. The first-order valence-corrected chi connectivity index (χ1v) is 2.78. The van der Waals surface area contributed by atoms with Gasteiger partial charge in [-0.25, -0.2) is 4.39 Å². The van der Waals surface area contributed by atoms with E-state index in [1.54, 1.807) is 0 Å². The van der Waals surface area contributed by atoms with E-state index in [1.807, 2.05) is 0 Å². The van der Waals surface area contributed by atoms with E-state index in [0.717, 1.165) is 12.8 Å². The lowest BCUT2D eigenvalue weighted by Gasteiger charge is -1.84. The zero-order valence-electron chi connectivity index (χ0n) is 3.25. The van der Waals surface area contributed by atoms with Gasteiger partial charge in [0.2, 0.25) is 5.08 Å². The summed E-state index contributed by atoms with van der Waals surface area (Å²) in [5, 5.41) is -0.0671. The Bertz CT molecular complexity index is 49.5. The number of rotatable bonds is 1. The average molecular weight is 152 g/mol. The van der Waals surface area contributed by atoms with Gasteiger partial charge in [-0.15, -0.1) is 0 Å². The molecule has 0 spiro atoms. The van der Waals surface area contributed by atoms with Crippen molar-refractivity contribution < 1.29 is 4.39 Å². The van der Waals surface area contributed by atoms with E-state index in [2.05, 4.69) is 15.9 Å². The Labute approximate surface area is 44.9 Å². The molecule has 0 aliphatic heterocycles. The van der Waals surface area contributed by atoms with Crippen molar-refractivity contribution in [3.8, 4) is 0 Å². The molecule has 0 amide bonds. The molecule has 1 rings (SSSR count). The molecule has 0 aromatic rings. The zero-order valence-corrected chi connectivity index (χ0v) is 4.83. The Kier molecular flexibility index (Phi) is 1.13. The van der Waals surface area contributed by atoms with E-state index in [-0.39, 0.29) is 11.0 Å². The Hall–Kier alpha value is 0.410. The van der Waals surface area contributed by atoms with Crippen molar-refractivity contribution in [2.75, 3.05) is 0 Å². The normalized spacial score (nSPS) is 22.5. The fourth-order valence-electron chi connectivity index (χ4n) is 0.302. The Morgan fingerprint density at radius 1 is 1.67 bits per heavy atom. The molecule has 0 heterocycles. The van der Waals surface area contributed by atoms with Gasteiger partial charge in [0.05, 0.1) is 0 Å². The first kappa shape index (κ1) is 4.57. The van der Waals surface area contributed by atoms with E-state index in [4.69, 9.17) is 0 Å². The van der Waals surface area contributed by atoms with Crippen LogP contribution in [0.15, 0.2) is 0 Å². The first-order valence-electron chi connectivity index (χ1n) is 1.98. The van der Waals surface area contributed by atoms with Crippen molar-refractivity contribution in [1.82, 2.24) is 0 Å². The molecule has 0 unspecified atom stereocenters. The van der Waals surface area contributed by atoms with Gasteiger partial charge >= 0.3 is 0 Å². The molecule has 0 N–H and O–H groups in total. The van der Waals surface area contributed by atoms with Crippen molar-refractivity contribution in [3.05, 3.63) is 5.08 Å². The van der Waals surface area contributed by atoms with Crippen LogP contribution >= 0.6 is 15.9 Å². The standard InChI is InChI=1S/C4H5BrF/c5-4(6)3-1-2-3/h3H,1-2H2. The summed E-state index contributed by atoms with van der Waals surface area (Å²) in [6.07, 6.45) is 2.08. The lowest BCUT2D eigenvalue weighted by atomic mass is 10.5. The summed E-state index contributed by atoms with van der Waals surface area (Å²) in [4.78, 5) is 0. The molecule has 0 atom stereocenters. The van der Waals surface area contributed by atoms with Crippen molar-refractivity contribution >= 4 is 15.9 Å². The van der Waals surface area contributed by atoms with Crippen LogP contribution in [0.4, 0.5) is 4.39 Å². The Balaban J connectivity index is 2.13. The summed E-state index contributed by atoms with van der Waals surface area (Å²) in [6, 6.07) is 0. The highest BCUT2D eigenvalue weighted by Gasteiger charge is 2.30. The largest absolute Gasteiger partial charge is 0.226 e. The molecule has 1 aliphatic rings. The van der Waals surface area contributed by atoms with Gasteiger partial charge in [-0.3, -0.25) is 0 Å². The van der Waals surface area contributed by atoms with Gasteiger partial charge in [-0.05, 0) is 28.8 Å². The maximum Gasteiger partial charge on any atom is 0.211 e. The molecular formula is C4H5BrF. The van der Waals surface area contributed by atoms with Crippen LogP contribution in [0.5, 0.6) is 0 Å². The highest BCUT2D eigenvalue weighted by Crippen LogP contribution is 2.42. The van der Waals surface area contributed by atoms with Gasteiger partial charge in [-0.2, -0.15) is 0 Å². The number of hydrogen-bond donors (Lipinski definition) is 0. The minimum Gasteiger partial charge on any atom is -0.226 e. The molecule has 0 aromatic heterocycles. The second-order valence-electron chi connectivity index (χ2n) is 1.56. The number of hydrogen-bond acceptors (Lipinski definition) is 0. The van der Waals surface area contributed by atoms with Crippen LogP contribution in [0.2, 0.25) is 0 Å². The van der Waals surface area contributed by atoms with E-state index in [9.17, 15) is 4.39 Å². The Morgan fingerprint density at radius 2 is 2.17 bits per heavy atom. The third kappa shape index (κ3) is 0.934. The molecular weight excluding hydrogens is 147 g/mol. The molecule has 35 valence electrons. The smallest absolute Gasteiger partial charge is 0.211 e. The fourth-order valence-corrected chi connectivity index (χ4v) is 0.759. The topological polar surface area (TPSA) is 0 Å². The van der Waals surface area contributed by atoms with Crippen LogP contribution in [0.1, 0.15) is 12.8 Å². The zero-order chi connectivity index (χ0) is 4.57. The SMILES string of the molecule is F[C](Br)C1CC1. The van der Waals surface area contributed by atoms with E-state index in [0.29, 0.717) is 0 Å². The second-order valence-corrected chi connectivity index (χ2v) is 2.32. The number of halogens is 2. The van der Waals surface area contributed by atoms with Crippen molar-refractivity contribution in [2.45, 2.75) is 12.8 Å². The van der Waals surface area contributed by atoms with Crippen molar-refractivity contribution in [1.29, 1.82) is 0 Å². The molecule has 1 saturated carbocycles. The highest BCUT2D eigenvalue weighted by atomic mass is 79.9. The predicted octanol–water partition coefficient (Wildman–Crippen LogP) is 2.25. The van der Waals surface area contributed by atoms with Crippen LogP contribution in [-0.4, -0.2) is 0 Å². The van der Waals surface area contributed by atoms with Crippen LogP contribution < -0.4 is 0 Å². The highest BCUT2D eigenvalue weighted by molar-refractivity contribution is 9.11. The quantitative estimate of drug-likeness (QED) is 0.540. The van der Waals surface area contributed by atoms with Crippen molar-refractivity contribution in [3.63, 3.8) is 0 Å². The van der Waals surface area contributed by atoms with Crippen molar-refractivity contribution in [2.24, 2.45) is 5.92 Å². The maximum absolute atomic E-state index is 11.7. The Morgan fingerprint density at radius 3 is 2.17 bits per heavy atom. The monoisotopic (exact) mass is 151 g/mol. The van der Waals surface area contributed by atoms with Crippen LogP contribution in [-0.2, 0) is 0 Å². The van der Waals surface area contributed by atoms with E-state index >= 15 is 0 Å². The fraction of sp³-hybridized carbons (Fsp3) is 0.750. The van der Waals surface area contributed by atoms with Gasteiger partial charge in [0.15, 0.2) is 0 Å². The summed E-state index contributed by atoms with van der Waals surface area (Å²) in [5.41, 5.74) is 0. The average Bonchev–Trinajstić information content (AvgIpc) is 2.06. The molecule has 6 heavy (non-hydrogen) atoms. The summed E-state index contributed by atoms with van der Waals surface area (Å²) in [5.74, 6) is 0.269. The summed E-state index contributed by atoms with van der Waals surface area (Å²) in [7, 11) is 0. The van der Waals surface area contributed by atoms with E-state index < -0.39 is 0 Å².